The molecule has 0 aromatic heterocycles. The monoisotopic (exact) mass is 367 g/mol. The Labute approximate surface area is 158 Å². The van der Waals surface area contributed by atoms with E-state index in [4.69, 9.17) is 17.0 Å². The third-order valence-corrected chi connectivity index (χ3v) is 4.65. The molecular formula is C20H21N3O2S. The van der Waals surface area contributed by atoms with E-state index in [1.54, 1.807) is 7.11 Å². The number of thiocarbonyl (C=S) groups is 1. The molecule has 2 aromatic carbocycles. The molecule has 3 N–H and O–H groups in total. The van der Waals surface area contributed by atoms with Gasteiger partial charge in [-0.3, -0.25) is 4.79 Å². The van der Waals surface area contributed by atoms with E-state index >= 15 is 0 Å². The Balaban J connectivity index is 1.89. The fourth-order valence-electron chi connectivity index (χ4n) is 3.01. The van der Waals surface area contributed by atoms with Crippen molar-refractivity contribution in [3.8, 4) is 5.75 Å². The molecule has 1 fully saturated rings. The molecule has 1 heterocycles. The average Bonchev–Trinajstić information content (AvgIpc) is 2.63. The highest BCUT2D eigenvalue weighted by molar-refractivity contribution is 7.80. The second-order valence-electron chi connectivity index (χ2n) is 6.16. The molecule has 1 saturated heterocycles. The summed E-state index contributed by atoms with van der Waals surface area (Å²) in [6.45, 7) is 5.97. The zero-order chi connectivity index (χ0) is 18.7. The van der Waals surface area contributed by atoms with Gasteiger partial charge in [-0.05, 0) is 48.5 Å². The second kappa shape index (κ2) is 7.58. The van der Waals surface area contributed by atoms with Crippen molar-refractivity contribution >= 4 is 28.9 Å². The first kappa shape index (κ1) is 17.9. The lowest BCUT2D eigenvalue weighted by Gasteiger charge is -2.35. The van der Waals surface area contributed by atoms with E-state index in [1.165, 1.54) is 0 Å². The van der Waals surface area contributed by atoms with Crippen molar-refractivity contribution in [2.24, 2.45) is 5.92 Å². The molecule has 2 aromatic rings. The van der Waals surface area contributed by atoms with Gasteiger partial charge in [0.05, 0.1) is 13.2 Å². The predicted molar refractivity (Wildman–Crippen MR) is 107 cm³/mol. The van der Waals surface area contributed by atoms with Crippen LogP contribution in [0.25, 0.3) is 0 Å². The summed E-state index contributed by atoms with van der Waals surface area (Å²) < 4.78 is 5.21. The van der Waals surface area contributed by atoms with Gasteiger partial charge in [-0.15, -0.1) is 0 Å². The number of rotatable bonds is 4. The molecule has 0 aliphatic carbocycles. The van der Waals surface area contributed by atoms with Crippen LogP contribution in [0.15, 0.2) is 60.8 Å². The normalized spacial score (nSPS) is 19.3. The van der Waals surface area contributed by atoms with Crippen molar-refractivity contribution < 1.29 is 9.53 Å². The van der Waals surface area contributed by atoms with Crippen molar-refractivity contribution in [1.82, 2.24) is 10.6 Å². The molecule has 0 radical (unpaired) electrons. The number of nitrogens with one attached hydrogen (secondary N) is 3. The highest BCUT2D eigenvalue weighted by Crippen LogP contribution is 2.31. The Kier molecular flexibility index (Phi) is 5.23. The Morgan fingerprint density at radius 3 is 2.54 bits per heavy atom. The van der Waals surface area contributed by atoms with Crippen molar-refractivity contribution in [2.75, 3.05) is 12.4 Å². The lowest BCUT2D eigenvalue weighted by atomic mass is 9.88. The van der Waals surface area contributed by atoms with Crippen LogP contribution >= 0.6 is 12.2 Å². The van der Waals surface area contributed by atoms with E-state index in [-0.39, 0.29) is 11.9 Å². The maximum absolute atomic E-state index is 13.0. The summed E-state index contributed by atoms with van der Waals surface area (Å²) >= 11 is 5.26. The molecule has 2 atom stereocenters. The summed E-state index contributed by atoms with van der Waals surface area (Å²) in [5.74, 6) is 0.0901. The highest BCUT2D eigenvalue weighted by Gasteiger charge is 2.36. The van der Waals surface area contributed by atoms with Crippen molar-refractivity contribution in [3.63, 3.8) is 0 Å². The number of hydrogen-bond donors (Lipinski definition) is 3. The minimum atomic E-state index is -0.519. The van der Waals surface area contributed by atoms with Crippen molar-refractivity contribution in [1.29, 1.82) is 0 Å². The van der Waals surface area contributed by atoms with Crippen LogP contribution in [0.3, 0.4) is 0 Å². The average molecular weight is 367 g/mol. The molecule has 26 heavy (non-hydrogen) atoms. The smallest absolute Gasteiger partial charge is 0.235 e. The Morgan fingerprint density at radius 2 is 1.88 bits per heavy atom. The first-order valence-corrected chi connectivity index (χ1v) is 8.67. The zero-order valence-electron chi connectivity index (χ0n) is 14.7. The fraction of sp³-hybridized carbons (Fsp3) is 0.200. The lowest BCUT2D eigenvalue weighted by Crippen LogP contribution is -2.51. The maximum atomic E-state index is 13.0. The summed E-state index contributed by atoms with van der Waals surface area (Å²) in [7, 11) is 1.62. The van der Waals surface area contributed by atoms with E-state index < -0.39 is 5.92 Å². The minimum absolute atomic E-state index is 0.146. The van der Waals surface area contributed by atoms with Crippen LogP contribution in [0, 0.1) is 12.8 Å². The zero-order valence-corrected chi connectivity index (χ0v) is 15.5. The summed E-state index contributed by atoms with van der Waals surface area (Å²) in [4.78, 5) is 13.0. The number of hydrogen-bond acceptors (Lipinski definition) is 3. The molecule has 0 spiro atoms. The summed E-state index contributed by atoms with van der Waals surface area (Å²) in [5.41, 5.74) is 3.29. The molecular weight excluding hydrogens is 346 g/mol. The third kappa shape index (κ3) is 3.70. The Hall–Kier alpha value is -2.86. The van der Waals surface area contributed by atoms with E-state index in [0.29, 0.717) is 10.8 Å². The minimum Gasteiger partial charge on any atom is -0.497 e. The molecule has 5 nitrogen and oxygen atoms in total. The van der Waals surface area contributed by atoms with E-state index in [1.807, 2.05) is 55.5 Å². The molecule has 2 unspecified atom stereocenters. The number of aryl methyl sites for hydroxylation is 1. The van der Waals surface area contributed by atoms with E-state index in [2.05, 4.69) is 22.5 Å². The van der Waals surface area contributed by atoms with Gasteiger partial charge in [0.15, 0.2) is 5.11 Å². The number of carbonyl (C=O) groups excluding carboxylic acids is 1. The second-order valence-corrected chi connectivity index (χ2v) is 6.56. The lowest BCUT2D eigenvalue weighted by molar-refractivity contribution is -0.119. The molecule has 1 amide bonds. The number of methoxy groups -OCH3 is 1. The molecule has 0 saturated carbocycles. The van der Waals surface area contributed by atoms with Crippen molar-refractivity contribution in [3.05, 3.63) is 71.9 Å². The molecule has 1 aliphatic rings. The van der Waals surface area contributed by atoms with E-state index in [0.717, 1.165) is 22.6 Å². The quantitative estimate of drug-likeness (QED) is 0.724. The standard InChI is InChI=1S/C20H21N3O2S/c1-12-6-4-5-7-16(12)22-19(24)17-13(2)21-20(26)23-18(17)14-8-10-15(25-3)11-9-14/h4-11,17-18H,2H2,1,3H3,(H,22,24)(H2,21,23,26). The van der Waals surface area contributed by atoms with Gasteiger partial charge >= 0.3 is 0 Å². The highest BCUT2D eigenvalue weighted by atomic mass is 32.1. The van der Waals surface area contributed by atoms with Crippen LogP contribution in [-0.2, 0) is 4.79 Å². The number of ether oxygens (including phenoxy) is 1. The summed E-state index contributed by atoms with van der Waals surface area (Å²) in [6.07, 6.45) is 0. The number of para-hydroxylation sites is 1. The van der Waals surface area contributed by atoms with Gasteiger partial charge in [0.25, 0.3) is 0 Å². The van der Waals surface area contributed by atoms with Gasteiger partial charge < -0.3 is 20.7 Å². The SMILES string of the molecule is C=C1NC(=S)NC(c2ccc(OC)cc2)C1C(=O)Nc1ccccc1C. The summed E-state index contributed by atoms with van der Waals surface area (Å²) in [6, 6.07) is 14.9. The largest absolute Gasteiger partial charge is 0.497 e. The maximum Gasteiger partial charge on any atom is 0.235 e. The molecule has 134 valence electrons. The van der Waals surface area contributed by atoms with Crippen LogP contribution in [0.5, 0.6) is 5.75 Å². The van der Waals surface area contributed by atoms with Crippen molar-refractivity contribution in [2.45, 2.75) is 13.0 Å². The number of anilines is 1. The first-order valence-electron chi connectivity index (χ1n) is 8.26. The van der Waals surface area contributed by atoms with E-state index in [9.17, 15) is 4.79 Å². The number of amides is 1. The number of carbonyl (C=O) groups is 1. The topological polar surface area (TPSA) is 62.4 Å². The van der Waals surface area contributed by atoms with Gasteiger partial charge in [-0.2, -0.15) is 0 Å². The van der Waals surface area contributed by atoms with Gasteiger partial charge in [0, 0.05) is 11.4 Å². The summed E-state index contributed by atoms with van der Waals surface area (Å²) in [5, 5.41) is 9.62. The Morgan fingerprint density at radius 1 is 1.19 bits per heavy atom. The van der Waals surface area contributed by atoms with Crippen LogP contribution in [0.2, 0.25) is 0 Å². The number of benzene rings is 2. The van der Waals surface area contributed by atoms with Crippen LogP contribution in [-0.4, -0.2) is 18.1 Å². The predicted octanol–water partition coefficient (Wildman–Crippen LogP) is 3.29. The van der Waals surface area contributed by atoms with Crippen LogP contribution in [0.4, 0.5) is 5.69 Å². The van der Waals surface area contributed by atoms with Gasteiger partial charge in [-0.1, -0.05) is 36.9 Å². The van der Waals surface area contributed by atoms with Gasteiger partial charge in [0.2, 0.25) is 5.91 Å². The molecule has 6 heteroatoms. The van der Waals surface area contributed by atoms with Crippen LogP contribution in [0.1, 0.15) is 17.2 Å². The van der Waals surface area contributed by atoms with Gasteiger partial charge in [-0.25, -0.2) is 0 Å². The molecule has 3 rings (SSSR count). The first-order chi connectivity index (χ1) is 12.5. The van der Waals surface area contributed by atoms with Crippen LogP contribution < -0.4 is 20.7 Å². The third-order valence-electron chi connectivity index (χ3n) is 4.43. The fourth-order valence-corrected chi connectivity index (χ4v) is 3.26. The Bertz CT molecular complexity index is 848. The van der Waals surface area contributed by atoms with Gasteiger partial charge in [0.1, 0.15) is 11.7 Å². The molecule has 0 bridgehead atoms. The molecule has 1 aliphatic heterocycles.